The number of hydrogen-bond donors (Lipinski definition) is 2. The minimum Gasteiger partial charge on any atom is -0.306 e. The van der Waals surface area contributed by atoms with Crippen molar-refractivity contribution in [2.75, 3.05) is 0 Å². The second-order valence-electron chi connectivity index (χ2n) is 5.52. The van der Waals surface area contributed by atoms with Crippen molar-refractivity contribution in [3.63, 3.8) is 0 Å². The zero-order chi connectivity index (χ0) is 14.8. The van der Waals surface area contributed by atoms with Crippen LogP contribution < -0.4 is 10.9 Å². The molecule has 0 unspecified atom stereocenters. The summed E-state index contributed by atoms with van der Waals surface area (Å²) < 4.78 is 0.795. The molecule has 6 heteroatoms. The van der Waals surface area contributed by atoms with Crippen molar-refractivity contribution >= 4 is 15.9 Å². The lowest BCUT2D eigenvalue weighted by molar-refractivity contribution is 0.421. The Hall–Kier alpha value is -1.53. The van der Waals surface area contributed by atoms with Gasteiger partial charge in [-0.3, -0.25) is 9.78 Å². The summed E-state index contributed by atoms with van der Waals surface area (Å²) in [7, 11) is 0. The number of halogens is 1. The maximum absolute atomic E-state index is 11.8. The summed E-state index contributed by atoms with van der Waals surface area (Å²) in [6.07, 6.45) is 1.67. The second kappa shape index (κ2) is 5.85. The highest BCUT2D eigenvalue weighted by Gasteiger charge is 2.12. The molecule has 0 saturated heterocycles. The van der Waals surface area contributed by atoms with E-state index in [1.165, 1.54) is 6.07 Å². The van der Waals surface area contributed by atoms with Gasteiger partial charge in [-0.2, -0.15) is 0 Å². The van der Waals surface area contributed by atoms with Crippen molar-refractivity contribution in [2.24, 2.45) is 0 Å². The summed E-state index contributed by atoms with van der Waals surface area (Å²) in [4.78, 5) is 23.2. The Balaban J connectivity index is 2.35. The van der Waals surface area contributed by atoms with Crippen LogP contribution >= 0.6 is 15.9 Å². The monoisotopic (exact) mass is 336 g/mol. The largest absolute Gasteiger partial charge is 0.306 e. The van der Waals surface area contributed by atoms with Crippen LogP contribution in [0.4, 0.5) is 0 Å². The maximum atomic E-state index is 11.8. The normalized spacial score (nSPS) is 11.6. The van der Waals surface area contributed by atoms with Crippen molar-refractivity contribution in [3.05, 3.63) is 44.9 Å². The first kappa shape index (κ1) is 14.9. The Bertz CT molecular complexity index is 661. The molecule has 0 aromatic carbocycles. The number of nitrogens with zero attached hydrogens (tertiary/aromatic N) is 2. The molecule has 0 radical (unpaired) electrons. The lowest BCUT2D eigenvalue weighted by atomic mass is 10.1. The predicted molar refractivity (Wildman–Crippen MR) is 82.4 cm³/mol. The first-order valence-corrected chi connectivity index (χ1v) is 7.10. The molecule has 5 nitrogen and oxygen atoms in total. The molecule has 0 saturated carbocycles. The van der Waals surface area contributed by atoms with Gasteiger partial charge < -0.3 is 10.3 Å². The third-order valence-electron chi connectivity index (χ3n) is 2.58. The SMILES string of the molecule is CC(C)(C)NCc1cc(=O)[nH]c(-c2ncccc2Br)n1. The first-order chi connectivity index (χ1) is 9.35. The average Bonchev–Trinajstić information content (AvgIpc) is 2.35. The molecule has 2 heterocycles. The number of rotatable bonds is 3. The summed E-state index contributed by atoms with van der Waals surface area (Å²) >= 11 is 3.41. The van der Waals surface area contributed by atoms with Gasteiger partial charge in [0, 0.05) is 28.8 Å². The van der Waals surface area contributed by atoms with E-state index in [0.29, 0.717) is 23.8 Å². The van der Waals surface area contributed by atoms with Crippen LogP contribution in [0, 0.1) is 0 Å². The van der Waals surface area contributed by atoms with E-state index in [1.807, 2.05) is 12.1 Å². The maximum Gasteiger partial charge on any atom is 0.251 e. The topological polar surface area (TPSA) is 70.7 Å². The Kier molecular flexibility index (Phi) is 4.35. The standard InChI is InChI=1S/C14H17BrN4O/c1-14(2,3)17-8-9-7-11(20)19-13(18-9)12-10(15)5-4-6-16-12/h4-7,17H,8H2,1-3H3,(H,18,19,20). The van der Waals surface area contributed by atoms with Crippen LogP contribution in [0.1, 0.15) is 26.5 Å². The van der Waals surface area contributed by atoms with Gasteiger partial charge in [0.1, 0.15) is 5.69 Å². The Morgan fingerprint density at radius 1 is 1.40 bits per heavy atom. The van der Waals surface area contributed by atoms with Gasteiger partial charge in [0.05, 0.1) is 5.69 Å². The van der Waals surface area contributed by atoms with Crippen LogP contribution in [-0.4, -0.2) is 20.5 Å². The molecular formula is C14H17BrN4O. The van der Waals surface area contributed by atoms with Gasteiger partial charge in [0.15, 0.2) is 5.82 Å². The molecule has 2 aromatic rings. The van der Waals surface area contributed by atoms with Gasteiger partial charge in [0.2, 0.25) is 0 Å². The summed E-state index contributed by atoms with van der Waals surface area (Å²) in [5.74, 6) is 0.468. The van der Waals surface area contributed by atoms with E-state index >= 15 is 0 Å². The Morgan fingerprint density at radius 2 is 2.15 bits per heavy atom. The molecule has 0 amide bonds. The van der Waals surface area contributed by atoms with E-state index in [1.54, 1.807) is 6.20 Å². The van der Waals surface area contributed by atoms with E-state index < -0.39 is 0 Å². The van der Waals surface area contributed by atoms with Crippen LogP contribution in [0.3, 0.4) is 0 Å². The van der Waals surface area contributed by atoms with Gasteiger partial charge in [0.25, 0.3) is 5.56 Å². The van der Waals surface area contributed by atoms with E-state index in [9.17, 15) is 4.79 Å². The first-order valence-electron chi connectivity index (χ1n) is 6.31. The molecule has 0 aliphatic rings. The summed E-state index contributed by atoms with van der Waals surface area (Å²) in [5.41, 5.74) is 1.10. The van der Waals surface area contributed by atoms with Crippen LogP contribution in [0.2, 0.25) is 0 Å². The van der Waals surface area contributed by atoms with E-state index in [0.717, 1.165) is 4.47 Å². The molecule has 2 N–H and O–H groups in total. The van der Waals surface area contributed by atoms with Crippen LogP contribution in [0.5, 0.6) is 0 Å². The van der Waals surface area contributed by atoms with Crippen molar-refractivity contribution in [1.29, 1.82) is 0 Å². The molecule has 0 spiro atoms. The summed E-state index contributed by atoms with van der Waals surface area (Å²) in [6.45, 7) is 6.73. The van der Waals surface area contributed by atoms with Crippen LogP contribution in [-0.2, 0) is 6.54 Å². The predicted octanol–water partition coefficient (Wildman–Crippen LogP) is 2.48. The van der Waals surface area contributed by atoms with Crippen molar-refractivity contribution in [2.45, 2.75) is 32.9 Å². The van der Waals surface area contributed by atoms with Gasteiger partial charge in [-0.1, -0.05) is 0 Å². The molecule has 0 aliphatic carbocycles. The minimum absolute atomic E-state index is 0.0317. The Morgan fingerprint density at radius 3 is 2.80 bits per heavy atom. The molecule has 0 fully saturated rings. The zero-order valence-electron chi connectivity index (χ0n) is 11.7. The van der Waals surface area contributed by atoms with Gasteiger partial charge in [-0.15, -0.1) is 0 Å². The van der Waals surface area contributed by atoms with Crippen LogP contribution in [0.25, 0.3) is 11.5 Å². The number of aromatic amines is 1. The highest BCUT2D eigenvalue weighted by Crippen LogP contribution is 2.21. The fourth-order valence-electron chi connectivity index (χ4n) is 1.63. The highest BCUT2D eigenvalue weighted by molar-refractivity contribution is 9.10. The van der Waals surface area contributed by atoms with E-state index in [4.69, 9.17) is 0 Å². The van der Waals surface area contributed by atoms with Gasteiger partial charge in [-0.25, -0.2) is 4.98 Å². The summed E-state index contributed by atoms with van der Waals surface area (Å²) in [6, 6.07) is 5.18. The van der Waals surface area contributed by atoms with Crippen molar-refractivity contribution < 1.29 is 0 Å². The quantitative estimate of drug-likeness (QED) is 0.903. The van der Waals surface area contributed by atoms with Crippen LogP contribution in [0.15, 0.2) is 33.7 Å². The van der Waals surface area contributed by atoms with Crippen molar-refractivity contribution in [3.8, 4) is 11.5 Å². The Labute approximate surface area is 126 Å². The molecular weight excluding hydrogens is 320 g/mol. The van der Waals surface area contributed by atoms with Gasteiger partial charge in [-0.05, 0) is 48.8 Å². The molecule has 106 valence electrons. The molecule has 2 rings (SSSR count). The summed E-state index contributed by atoms with van der Waals surface area (Å²) in [5, 5.41) is 3.31. The molecule has 0 bridgehead atoms. The van der Waals surface area contributed by atoms with Gasteiger partial charge >= 0.3 is 0 Å². The van der Waals surface area contributed by atoms with Crippen molar-refractivity contribution in [1.82, 2.24) is 20.3 Å². The molecule has 2 aromatic heterocycles. The third-order valence-corrected chi connectivity index (χ3v) is 3.22. The fourth-order valence-corrected chi connectivity index (χ4v) is 2.07. The number of nitrogens with one attached hydrogen (secondary N) is 2. The molecule has 0 aliphatic heterocycles. The number of hydrogen-bond acceptors (Lipinski definition) is 4. The minimum atomic E-state index is -0.182. The van der Waals surface area contributed by atoms with E-state index in [-0.39, 0.29) is 11.1 Å². The highest BCUT2D eigenvalue weighted by atomic mass is 79.9. The molecule has 0 atom stereocenters. The lowest BCUT2D eigenvalue weighted by Crippen LogP contribution is -2.35. The second-order valence-corrected chi connectivity index (χ2v) is 6.38. The zero-order valence-corrected chi connectivity index (χ0v) is 13.3. The average molecular weight is 337 g/mol. The lowest BCUT2D eigenvalue weighted by Gasteiger charge is -2.20. The number of aromatic nitrogens is 3. The smallest absolute Gasteiger partial charge is 0.251 e. The van der Waals surface area contributed by atoms with E-state index in [2.05, 4.69) is 57.0 Å². The third kappa shape index (κ3) is 3.98. The fraction of sp³-hybridized carbons (Fsp3) is 0.357. The number of H-pyrrole nitrogens is 1. The molecule has 20 heavy (non-hydrogen) atoms. The number of pyridine rings is 1.